The van der Waals surface area contributed by atoms with Crippen LogP contribution in [0.3, 0.4) is 0 Å². The highest BCUT2D eigenvalue weighted by Crippen LogP contribution is 2.28. The van der Waals surface area contributed by atoms with Gasteiger partial charge in [0.05, 0.1) is 0 Å². The second-order valence-electron chi connectivity index (χ2n) is 2.77. The van der Waals surface area contributed by atoms with Crippen molar-refractivity contribution in [3.05, 3.63) is 27.7 Å². The van der Waals surface area contributed by atoms with Gasteiger partial charge in [-0.1, -0.05) is 0 Å². The zero-order valence-corrected chi connectivity index (χ0v) is 9.90. The summed E-state index contributed by atoms with van der Waals surface area (Å²) < 4.78 is 48.2. The van der Waals surface area contributed by atoms with Gasteiger partial charge < -0.3 is 5.73 Å². The number of carbonyl (C=O) groups excluding carboxylic acids is 1. The predicted molar refractivity (Wildman–Crippen MR) is 53.9 cm³/mol. The molecule has 1 amide bonds. The Morgan fingerprint density at radius 1 is 1.38 bits per heavy atom. The van der Waals surface area contributed by atoms with Gasteiger partial charge in [0.2, 0.25) is 10.0 Å². The lowest BCUT2D eigenvalue weighted by molar-refractivity contribution is 0.0991. The average Bonchev–Trinajstić information content (AvgIpc) is 1.97. The fourth-order valence-corrected chi connectivity index (χ4v) is 2.79. The molecule has 0 spiro atoms. The molecule has 9 heteroatoms. The van der Waals surface area contributed by atoms with E-state index in [1.54, 1.807) is 0 Å². The Morgan fingerprint density at radius 2 is 1.88 bits per heavy atom. The maximum Gasteiger partial charge on any atom is 0.254 e. The number of primary amides is 1. The van der Waals surface area contributed by atoms with Gasteiger partial charge in [0.1, 0.15) is 16.3 Å². The Morgan fingerprint density at radius 3 is 2.25 bits per heavy atom. The van der Waals surface area contributed by atoms with Gasteiger partial charge in [-0.25, -0.2) is 22.3 Å². The number of halogens is 3. The quantitative estimate of drug-likeness (QED) is 0.829. The number of hydrogen-bond acceptors (Lipinski definition) is 3. The van der Waals surface area contributed by atoms with Gasteiger partial charge in [-0.15, -0.1) is 0 Å². The molecule has 4 N–H and O–H groups in total. The molecule has 1 aromatic carbocycles. The van der Waals surface area contributed by atoms with E-state index in [1.807, 2.05) is 0 Å². The van der Waals surface area contributed by atoms with Crippen LogP contribution in [0.15, 0.2) is 15.4 Å². The summed E-state index contributed by atoms with van der Waals surface area (Å²) in [5, 5.41) is 4.71. The molecule has 0 atom stereocenters. The van der Waals surface area contributed by atoms with Crippen molar-refractivity contribution in [3.63, 3.8) is 0 Å². The van der Waals surface area contributed by atoms with E-state index >= 15 is 0 Å². The summed E-state index contributed by atoms with van der Waals surface area (Å²) in [4.78, 5) is 9.71. The van der Waals surface area contributed by atoms with Crippen molar-refractivity contribution in [3.8, 4) is 0 Å². The monoisotopic (exact) mass is 314 g/mol. The summed E-state index contributed by atoms with van der Waals surface area (Å²) in [5.41, 5.74) is 3.56. The van der Waals surface area contributed by atoms with Crippen LogP contribution in [0.5, 0.6) is 0 Å². The average molecular weight is 315 g/mol. The van der Waals surface area contributed by atoms with E-state index in [2.05, 4.69) is 15.9 Å². The first kappa shape index (κ1) is 13.0. The predicted octanol–water partition coefficient (Wildman–Crippen LogP) is 0.474. The van der Waals surface area contributed by atoms with Crippen molar-refractivity contribution < 1.29 is 22.0 Å². The largest absolute Gasteiger partial charge is 0.365 e. The zero-order chi connectivity index (χ0) is 12.7. The van der Waals surface area contributed by atoms with E-state index in [9.17, 15) is 22.0 Å². The lowest BCUT2D eigenvalue weighted by atomic mass is 10.2. The normalized spacial score (nSPS) is 11.5. The van der Waals surface area contributed by atoms with Crippen LogP contribution in [-0.4, -0.2) is 14.3 Å². The second kappa shape index (κ2) is 4.07. The first-order chi connectivity index (χ1) is 7.16. The summed E-state index contributed by atoms with van der Waals surface area (Å²) in [5.74, 6) is -4.31. The topological polar surface area (TPSA) is 103 Å². The zero-order valence-electron chi connectivity index (χ0n) is 7.50. The summed E-state index contributed by atoms with van der Waals surface area (Å²) in [7, 11) is -4.43. The number of hydrogen-bond donors (Lipinski definition) is 2. The number of primary sulfonamides is 1. The van der Waals surface area contributed by atoms with Gasteiger partial charge in [-0.05, 0) is 22.0 Å². The maximum absolute atomic E-state index is 13.5. The molecule has 16 heavy (non-hydrogen) atoms. The molecule has 0 fully saturated rings. The molecule has 0 aromatic heterocycles. The third-order valence-electron chi connectivity index (χ3n) is 1.66. The van der Waals surface area contributed by atoms with Gasteiger partial charge in [-0.2, -0.15) is 0 Å². The van der Waals surface area contributed by atoms with Crippen LogP contribution in [0.4, 0.5) is 8.78 Å². The summed E-state index contributed by atoms with van der Waals surface area (Å²) in [6.45, 7) is 0. The van der Waals surface area contributed by atoms with E-state index in [0.29, 0.717) is 6.07 Å². The third kappa shape index (κ3) is 2.20. The first-order valence-electron chi connectivity index (χ1n) is 3.66. The molecule has 0 bridgehead atoms. The number of sulfonamides is 1. The van der Waals surface area contributed by atoms with E-state index < -0.39 is 42.5 Å². The van der Waals surface area contributed by atoms with Gasteiger partial charge in [0, 0.05) is 4.47 Å². The summed E-state index contributed by atoms with van der Waals surface area (Å²) >= 11 is 2.63. The number of amides is 1. The Labute approximate surface area is 97.6 Å². The van der Waals surface area contributed by atoms with Gasteiger partial charge in [-0.3, -0.25) is 4.79 Å². The molecular weight excluding hydrogens is 310 g/mol. The van der Waals surface area contributed by atoms with E-state index in [1.165, 1.54) is 0 Å². The molecule has 1 rings (SSSR count). The molecule has 0 aliphatic heterocycles. The lowest BCUT2D eigenvalue weighted by Crippen LogP contribution is -2.21. The van der Waals surface area contributed by atoms with Crippen LogP contribution >= 0.6 is 15.9 Å². The van der Waals surface area contributed by atoms with Crippen molar-refractivity contribution in [2.24, 2.45) is 10.9 Å². The minimum atomic E-state index is -4.43. The van der Waals surface area contributed by atoms with Crippen molar-refractivity contribution in [2.75, 3.05) is 0 Å². The molecule has 0 saturated heterocycles. The van der Waals surface area contributed by atoms with Crippen LogP contribution in [0.1, 0.15) is 10.4 Å². The highest BCUT2D eigenvalue weighted by Gasteiger charge is 2.27. The molecular formula is C7H5BrF2N2O3S. The molecule has 0 unspecified atom stereocenters. The smallest absolute Gasteiger partial charge is 0.254 e. The minimum absolute atomic E-state index is 0.421. The van der Waals surface area contributed by atoms with Crippen molar-refractivity contribution in [1.82, 2.24) is 0 Å². The number of carbonyl (C=O) groups is 1. The minimum Gasteiger partial charge on any atom is -0.365 e. The highest BCUT2D eigenvalue weighted by atomic mass is 79.9. The molecule has 0 aliphatic carbocycles. The van der Waals surface area contributed by atoms with Crippen LogP contribution in [0.2, 0.25) is 0 Å². The Kier molecular flexibility index (Phi) is 3.31. The standard InChI is InChI=1S/C7H5BrF2N2O3S/c8-2-1-3(9)4(7(11)13)5(10)6(2)16(12,14)15/h1H,(H2,11,13)(H2,12,14,15). The molecule has 0 saturated carbocycles. The van der Waals surface area contributed by atoms with Crippen LogP contribution in [0, 0.1) is 11.6 Å². The molecule has 0 aliphatic rings. The molecule has 88 valence electrons. The fraction of sp³-hybridized carbons (Fsp3) is 0. The highest BCUT2D eigenvalue weighted by molar-refractivity contribution is 9.10. The Hall–Kier alpha value is -1.06. The van der Waals surface area contributed by atoms with Crippen LogP contribution in [0.25, 0.3) is 0 Å². The van der Waals surface area contributed by atoms with E-state index in [-0.39, 0.29) is 0 Å². The van der Waals surface area contributed by atoms with Crippen molar-refractivity contribution in [2.45, 2.75) is 4.90 Å². The van der Waals surface area contributed by atoms with Gasteiger partial charge in [0.15, 0.2) is 5.82 Å². The molecule has 5 nitrogen and oxygen atoms in total. The van der Waals surface area contributed by atoms with Crippen molar-refractivity contribution in [1.29, 1.82) is 0 Å². The van der Waals surface area contributed by atoms with Gasteiger partial charge >= 0.3 is 0 Å². The number of benzene rings is 1. The molecule has 0 heterocycles. The summed E-state index contributed by atoms with van der Waals surface area (Å²) in [6, 6.07) is 0.600. The Balaban J connectivity index is 3.79. The third-order valence-corrected chi connectivity index (χ3v) is 3.51. The van der Waals surface area contributed by atoms with E-state index in [0.717, 1.165) is 0 Å². The van der Waals surface area contributed by atoms with Crippen molar-refractivity contribution >= 4 is 31.9 Å². The van der Waals surface area contributed by atoms with Crippen LogP contribution in [-0.2, 0) is 10.0 Å². The Bertz CT molecular complexity index is 573. The molecule has 0 radical (unpaired) electrons. The maximum atomic E-state index is 13.5. The second-order valence-corrected chi connectivity index (χ2v) is 5.12. The SMILES string of the molecule is NC(=O)c1c(F)cc(Br)c(S(N)(=O)=O)c1F. The fourth-order valence-electron chi connectivity index (χ4n) is 1.06. The van der Waals surface area contributed by atoms with Crippen LogP contribution < -0.4 is 10.9 Å². The number of nitrogens with two attached hydrogens (primary N) is 2. The lowest BCUT2D eigenvalue weighted by Gasteiger charge is -2.07. The van der Waals surface area contributed by atoms with E-state index in [4.69, 9.17) is 10.9 Å². The van der Waals surface area contributed by atoms with Gasteiger partial charge in [0.25, 0.3) is 5.91 Å². The molecule has 1 aromatic rings. The summed E-state index contributed by atoms with van der Waals surface area (Å²) in [6.07, 6.45) is 0. The first-order valence-corrected chi connectivity index (χ1v) is 6.00. The number of rotatable bonds is 2.